The van der Waals surface area contributed by atoms with Gasteiger partial charge in [0, 0.05) is 30.3 Å². The number of aromatic nitrogens is 3. The third-order valence-electron chi connectivity index (χ3n) is 3.31. The first-order chi connectivity index (χ1) is 12.6. The molecule has 158 valence electrons. The zero-order valence-electron chi connectivity index (χ0n) is 16.1. The average Bonchev–Trinajstić information content (AvgIpc) is 3.21. The number of guanidine groups is 1. The molecule has 0 atom stereocenters. The fourth-order valence-electron chi connectivity index (χ4n) is 1.96. The molecule has 0 fully saturated rings. The van der Waals surface area contributed by atoms with Gasteiger partial charge >= 0.3 is 6.18 Å². The van der Waals surface area contributed by atoms with Crippen molar-refractivity contribution >= 4 is 41.3 Å². The van der Waals surface area contributed by atoms with Gasteiger partial charge in [0.25, 0.3) is 0 Å². The summed E-state index contributed by atoms with van der Waals surface area (Å²) in [6.45, 7) is 9.10. The van der Waals surface area contributed by atoms with E-state index in [9.17, 15) is 13.2 Å². The number of hydrogen-bond donors (Lipinski definition) is 2. The molecule has 0 saturated heterocycles. The molecule has 0 unspecified atom stereocenters. The predicted molar refractivity (Wildman–Crippen MR) is 112 cm³/mol. The van der Waals surface area contributed by atoms with Crippen molar-refractivity contribution in [3.63, 3.8) is 0 Å². The van der Waals surface area contributed by atoms with Gasteiger partial charge in [-0.3, -0.25) is 0 Å². The van der Waals surface area contributed by atoms with Crippen LogP contribution in [-0.2, 0) is 24.6 Å². The molecule has 2 heterocycles. The van der Waals surface area contributed by atoms with E-state index in [0.29, 0.717) is 42.2 Å². The Morgan fingerprint density at radius 3 is 2.46 bits per heavy atom. The molecule has 2 aromatic rings. The Bertz CT molecular complexity index is 769. The molecule has 0 radical (unpaired) electrons. The van der Waals surface area contributed by atoms with E-state index in [1.165, 1.54) is 0 Å². The largest absolute Gasteiger partial charge is 0.434 e. The summed E-state index contributed by atoms with van der Waals surface area (Å²) >= 11 is 0.993. The summed E-state index contributed by atoms with van der Waals surface area (Å²) in [5.74, 6) is 1.52. The zero-order valence-corrected chi connectivity index (χ0v) is 19.2. The minimum absolute atomic E-state index is 0. The SMILES string of the molecule is CCNC(=NCc1noc(C(C)(C)C)n1)NCCc1nc(C(F)(F)F)cs1.I. The molecule has 2 N–H and O–H groups in total. The second kappa shape index (κ2) is 10.4. The zero-order chi connectivity index (χ0) is 20.1. The van der Waals surface area contributed by atoms with Crippen molar-refractivity contribution in [2.24, 2.45) is 4.99 Å². The van der Waals surface area contributed by atoms with E-state index in [4.69, 9.17) is 4.52 Å². The van der Waals surface area contributed by atoms with E-state index in [1.807, 2.05) is 27.7 Å². The average molecular weight is 532 g/mol. The number of nitrogens with zero attached hydrogens (tertiary/aromatic N) is 4. The van der Waals surface area contributed by atoms with E-state index < -0.39 is 11.9 Å². The van der Waals surface area contributed by atoms with Crippen LogP contribution in [0.2, 0.25) is 0 Å². The fourth-order valence-corrected chi connectivity index (χ4v) is 2.76. The normalized spacial score (nSPS) is 12.6. The highest BCUT2D eigenvalue weighted by Crippen LogP contribution is 2.30. The Labute approximate surface area is 182 Å². The minimum Gasteiger partial charge on any atom is -0.357 e. The Hall–Kier alpha value is -1.44. The lowest BCUT2D eigenvalue weighted by molar-refractivity contribution is -0.140. The Morgan fingerprint density at radius 2 is 1.93 bits per heavy atom. The van der Waals surface area contributed by atoms with Gasteiger partial charge in [0.2, 0.25) is 5.89 Å². The highest BCUT2D eigenvalue weighted by atomic mass is 127. The first-order valence-electron chi connectivity index (χ1n) is 8.46. The smallest absolute Gasteiger partial charge is 0.357 e. The van der Waals surface area contributed by atoms with Gasteiger partial charge in [0.05, 0.1) is 5.01 Å². The van der Waals surface area contributed by atoms with Crippen molar-refractivity contribution in [3.8, 4) is 0 Å². The summed E-state index contributed by atoms with van der Waals surface area (Å²) in [6, 6.07) is 0. The summed E-state index contributed by atoms with van der Waals surface area (Å²) in [6.07, 6.45) is -4.05. The maximum Gasteiger partial charge on any atom is 0.434 e. The van der Waals surface area contributed by atoms with E-state index in [0.717, 1.165) is 16.7 Å². The van der Waals surface area contributed by atoms with Crippen molar-refractivity contribution in [1.82, 2.24) is 25.8 Å². The van der Waals surface area contributed by atoms with Gasteiger partial charge < -0.3 is 15.2 Å². The van der Waals surface area contributed by atoms with Gasteiger partial charge in [-0.2, -0.15) is 18.2 Å². The van der Waals surface area contributed by atoms with E-state index >= 15 is 0 Å². The van der Waals surface area contributed by atoms with Crippen LogP contribution in [-0.4, -0.2) is 34.2 Å². The van der Waals surface area contributed by atoms with Crippen LogP contribution in [0.25, 0.3) is 0 Å². The van der Waals surface area contributed by atoms with Crippen LogP contribution >= 0.6 is 35.3 Å². The molecule has 0 bridgehead atoms. The lowest BCUT2D eigenvalue weighted by atomic mass is 9.97. The van der Waals surface area contributed by atoms with Crippen LogP contribution in [0.15, 0.2) is 14.9 Å². The summed E-state index contributed by atoms with van der Waals surface area (Å²) in [5, 5.41) is 11.5. The lowest BCUT2D eigenvalue weighted by Gasteiger charge is -2.10. The number of alkyl halides is 3. The van der Waals surface area contributed by atoms with Gasteiger partial charge in [0.15, 0.2) is 17.5 Å². The molecule has 0 aliphatic rings. The molecule has 0 amide bonds. The van der Waals surface area contributed by atoms with E-state index in [1.54, 1.807) is 0 Å². The van der Waals surface area contributed by atoms with Crippen LogP contribution in [0.1, 0.15) is 50.1 Å². The third kappa shape index (κ3) is 7.53. The van der Waals surface area contributed by atoms with Gasteiger partial charge in [-0.05, 0) is 6.92 Å². The lowest BCUT2D eigenvalue weighted by Crippen LogP contribution is -2.38. The first kappa shape index (κ1) is 24.6. The van der Waals surface area contributed by atoms with Crippen LogP contribution in [0.5, 0.6) is 0 Å². The Balaban J connectivity index is 0.00000392. The van der Waals surface area contributed by atoms with E-state index in [2.05, 4.69) is 30.8 Å². The maximum atomic E-state index is 12.6. The standard InChI is InChI=1S/C16H23F3N6OS.HI/c1-5-20-14(22-8-11-24-13(26-25-11)15(2,3)4)21-7-6-12-23-10(9-27-12)16(17,18)19;/h9H,5-8H2,1-4H3,(H2,20,21,22);1H. The summed E-state index contributed by atoms with van der Waals surface area (Å²) < 4.78 is 42.9. The molecule has 0 aromatic carbocycles. The molecule has 0 spiro atoms. The summed E-state index contributed by atoms with van der Waals surface area (Å²) in [4.78, 5) is 12.3. The number of rotatable bonds is 6. The number of hydrogen-bond acceptors (Lipinski definition) is 6. The molecule has 0 saturated carbocycles. The third-order valence-corrected chi connectivity index (χ3v) is 4.21. The molecule has 12 heteroatoms. The monoisotopic (exact) mass is 532 g/mol. The van der Waals surface area contributed by atoms with Crippen molar-refractivity contribution in [2.45, 2.75) is 52.3 Å². The van der Waals surface area contributed by atoms with Gasteiger partial charge in [-0.25, -0.2) is 9.98 Å². The second-order valence-corrected chi connectivity index (χ2v) is 7.70. The molecule has 0 aliphatic carbocycles. The molecular formula is C16H24F3IN6OS. The van der Waals surface area contributed by atoms with Gasteiger partial charge in [-0.1, -0.05) is 25.9 Å². The first-order valence-corrected chi connectivity index (χ1v) is 9.34. The van der Waals surface area contributed by atoms with Crippen molar-refractivity contribution in [1.29, 1.82) is 0 Å². The van der Waals surface area contributed by atoms with Crippen LogP contribution in [0.3, 0.4) is 0 Å². The minimum atomic E-state index is -4.41. The van der Waals surface area contributed by atoms with Crippen molar-refractivity contribution in [3.05, 3.63) is 27.8 Å². The predicted octanol–water partition coefficient (Wildman–Crippen LogP) is 3.76. The second-order valence-electron chi connectivity index (χ2n) is 6.76. The van der Waals surface area contributed by atoms with E-state index in [-0.39, 0.29) is 35.9 Å². The van der Waals surface area contributed by atoms with Crippen LogP contribution in [0.4, 0.5) is 13.2 Å². The van der Waals surface area contributed by atoms with Crippen molar-refractivity contribution < 1.29 is 17.7 Å². The quantitative estimate of drug-likeness (QED) is 0.335. The summed E-state index contributed by atoms with van der Waals surface area (Å²) in [7, 11) is 0. The fraction of sp³-hybridized carbons (Fsp3) is 0.625. The molecular weight excluding hydrogens is 508 g/mol. The molecule has 2 aromatic heterocycles. The molecule has 28 heavy (non-hydrogen) atoms. The Morgan fingerprint density at radius 1 is 1.21 bits per heavy atom. The highest BCUT2D eigenvalue weighted by Gasteiger charge is 2.33. The number of aliphatic imine (C=N–C) groups is 1. The van der Waals surface area contributed by atoms with Crippen molar-refractivity contribution in [2.75, 3.05) is 13.1 Å². The van der Waals surface area contributed by atoms with Gasteiger partial charge in [-0.15, -0.1) is 35.3 Å². The maximum absolute atomic E-state index is 12.6. The molecule has 7 nitrogen and oxygen atoms in total. The number of halogens is 4. The Kier molecular flexibility index (Phi) is 9.11. The highest BCUT2D eigenvalue weighted by molar-refractivity contribution is 14.0. The summed E-state index contributed by atoms with van der Waals surface area (Å²) in [5.41, 5.74) is -1.09. The van der Waals surface area contributed by atoms with Gasteiger partial charge in [0.1, 0.15) is 6.54 Å². The van der Waals surface area contributed by atoms with Crippen LogP contribution < -0.4 is 10.6 Å². The molecule has 2 rings (SSSR count). The van der Waals surface area contributed by atoms with Crippen LogP contribution in [0, 0.1) is 0 Å². The number of thiazole rings is 1. The molecule has 0 aliphatic heterocycles. The topological polar surface area (TPSA) is 88.2 Å². The number of nitrogens with one attached hydrogen (secondary N) is 2.